The highest BCUT2D eigenvalue weighted by Gasteiger charge is 2.33. The van der Waals surface area contributed by atoms with Gasteiger partial charge >= 0.3 is 0 Å². The van der Waals surface area contributed by atoms with Crippen LogP contribution in [0.4, 0.5) is 8.78 Å². The van der Waals surface area contributed by atoms with E-state index in [9.17, 15) is 17.2 Å². The van der Waals surface area contributed by atoms with Gasteiger partial charge in [0.25, 0.3) is 0 Å². The Morgan fingerprint density at radius 3 is 2.52 bits per heavy atom. The number of piperidine rings is 1. The molecule has 0 unspecified atom stereocenters. The Labute approximate surface area is 171 Å². The third-order valence-corrected chi connectivity index (χ3v) is 8.24. The van der Waals surface area contributed by atoms with Gasteiger partial charge in [-0.2, -0.15) is 0 Å². The Kier molecular flexibility index (Phi) is 5.76. The Morgan fingerprint density at radius 2 is 1.79 bits per heavy atom. The first-order valence-electron chi connectivity index (χ1n) is 10.5. The van der Waals surface area contributed by atoms with Gasteiger partial charge in [-0.1, -0.05) is 13.0 Å². The standard InChI is InChI=1S/C23H27F2NO2S/c1-2-11-26-12-9-16(10-13-26)20-6-3-17-14-19(5-7-21(17)20)29(27,28)23-15-18(24)4-8-22(23)25/h4-5,7-8,14-16,20H,2-3,6,9-13H2,1H3/t20-/m0/s1. The molecule has 3 nitrogen and oxygen atoms in total. The first kappa shape index (κ1) is 20.5. The van der Waals surface area contributed by atoms with Gasteiger partial charge in [0.15, 0.2) is 0 Å². The van der Waals surface area contributed by atoms with Crippen molar-refractivity contribution in [2.24, 2.45) is 5.92 Å². The van der Waals surface area contributed by atoms with Gasteiger partial charge in [0.2, 0.25) is 9.84 Å². The van der Waals surface area contributed by atoms with E-state index in [1.54, 1.807) is 12.1 Å². The van der Waals surface area contributed by atoms with Crippen LogP contribution in [0.1, 0.15) is 49.7 Å². The van der Waals surface area contributed by atoms with Gasteiger partial charge in [0.05, 0.1) is 4.90 Å². The van der Waals surface area contributed by atoms with Crippen LogP contribution >= 0.6 is 0 Å². The van der Waals surface area contributed by atoms with Crippen molar-refractivity contribution in [1.29, 1.82) is 0 Å². The summed E-state index contributed by atoms with van der Waals surface area (Å²) in [7, 11) is -4.09. The van der Waals surface area contributed by atoms with E-state index < -0.39 is 26.4 Å². The van der Waals surface area contributed by atoms with Crippen LogP contribution < -0.4 is 0 Å². The molecule has 1 fully saturated rings. The van der Waals surface area contributed by atoms with Crippen molar-refractivity contribution in [3.63, 3.8) is 0 Å². The molecule has 0 spiro atoms. The number of halogens is 2. The summed E-state index contributed by atoms with van der Waals surface area (Å²) in [6.45, 7) is 5.64. The predicted octanol–water partition coefficient (Wildman–Crippen LogP) is 4.95. The molecule has 1 aliphatic heterocycles. The van der Waals surface area contributed by atoms with Crippen LogP contribution in [0.5, 0.6) is 0 Å². The molecular formula is C23H27F2NO2S. The monoisotopic (exact) mass is 419 g/mol. The second-order valence-electron chi connectivity index (χ2n) is 8.26. The second kappa shape index (κ2) is 8.15. The summed E-state index contributed by atoms with van der Waals surface area (Å²) in [6.07, 6.45) is 5.41. The summed E-state index contributed by atoms with van der Waals surface area (Å²) in [5.41, 5.74) is 2.27. The van der Waals surface area contributed by atoms with Crippen LogP contribution in [0.3, 0.4) is 0 Å². The predicted molar refractivity (Wildman–Crippen MR) is 109 cm³/mol. The fraction of sp³-hybridized carbons (Fsp3) is 0.478. The highest BCUT2D eigenvalue weighted by molar-refractivity contribution is 7.91. The fourth-order valence-corrected chi connectivity index (χ4v) is 6.38. The molecule has 1 aliphatic carbocycles. The zero-order chi connectivity index (χ0) is 20.6. The highest BCUT2D eigenvalue weighted by Crippen LogP contribution is 2.43. The van der Waals surface area contributed by atoms with Crippen LogP contribution in [-0.4, -0.2) is 33.0 Å². The van der Waals surface area contributed by atoms with Gasteiger partial charge in [-0.05, 0) is 105 Å². The molecule has 0 N–H and O–H groups in total. The largest absolute Gasteiger partial charge is 0.303 e. The van der Waals surface area contributed by atoms with E-state index >= 15 is 0 Å². The minimum atomic E-state index is -4.09. The molecule has 0 bridgehead atoms. The lowest BCUT2D eigenvalue weighted by molar-refractivity contribution is 0.168. The number of nitrogens with zero attached hydrogens (tertiary/aromatic N) is 1. The lowest BCUT2D eigenvalue weighted by Gasteiger charge is -2.35. The number of fused-ring (bicyclic) bond motifs is 1. The summed E-state index contributed by atoms with van der Waals surface area (Å²) in [5.74, 6) is -0.590. The summed E-state index contributed by atoms with van der Waals surface area (Å²) in [6, 6.07) is 7.66. The quantitative estimate of drug-likeness (QED) is 0.688. The van der Waals surface area contributed by atoms with Gasteiger partial charge in [-0.25, -0.2) is 17.2 Å². The Morgan fingerprint density at radius 1 is 1.03 bits per heavy atom. The SMILES string of the molecule is CCCN1CCC([C@@H]2CCc3cc(S(=O)(=O)c4cc(F)ccc4F)ccc32)CC1. The first-order chi connectivity index (χ1) is 13.9. The minimum absolute atomic E-state index is 0.0409. The molecule has 0 saturated carbocycles. The molecule has 0 aromatic heterocycles. The zero-order valence-electron chi connectivity index (χ0n) is 16.7. The molecule has 156 valence electrons. The van der Waals surface area contributed by atoms with Crippen molar-refractivity contribution in [2.75, 3.05) is 19.6 Å². The van der Waals surface area contributed by atoms with Gasteiger partial charge in [-0.15, -0.1) is 0 Å². The molecule has 0 amide bonds. The number of benzene rings is 2. The maximum atomic E-state index is 14.1. The summed E-state index contributed by atoms with van der Waals surface area (Å²) < 4.78 is 53.3. The van der Waals surface area contributed by atoms with E-state index in [4.69, 9.17) is 0 Å². The Bertz CT molecular complexity index is 998. The maximum Gasteiger partial charge on any atom is 0.209 e. The molecule has 0 radical (unpaired) electrons. The van der Waals surface area contributed by atoms with Crippen molar-refractivity contribution < 1.29 is 17.2 Å². The van der Waals surface area contributed by atoms with E-state index in [-0.39, 0.29) is 4.90 Å². The molecule has 4 rings (SSSR count). The van der Waals surface area contributed by atoms with Crippen molar-refractivity contribution in [3.05, 3.63) is 59.2 Å². The number of hydrogen-bond donors (Lipinski definition) is 0. The molecule has 1 atom stereocenters. The van der Waals surface area contributed by atoms with Gasteiger partial charge in [0, 0.05) is 0 Å². The minimum Gasteiger partial charge on any atom is -0.303 e. The average Bonchev–Trinajstić information content (AvgIpc) is 3.14. The van der Waals surface area contributed by atoms with Crippen molar-refractivity contribution in [2.45, 2.75) is 54.7 Å². The second-order valence-corrected chi connectivity index (χ2v) is 10.2. The number of aryl methyl sites for hydroxylation is 1. The van der Waals surface area contributed by atoms with E-state index in [0.717, 1.165) is 56.2 Å². The summed E-state index contributed by atoms with van der Waals surface area (Å²) in [4.78, 5) is 1.96. The Balaban J connectivity index is 1.57. The molecular weight excluding hydrogens is 392 g/mol. The third-order valence-electron chi connectivity index (χ3n) is 6.47. The van der Waals surface area contributed by atoms with Gasteiger partial charge in [0.1, 0.15) is 16.5 Å². The van der Waals surface area contributed by atoms with Crippen LogP contribution in [0.15, 0.2) is 46.2 Å². The number of hydrogen-bond acceptors (Lipinski definition) is 3. The normalized spacial score (nSPS) is 20.7. The van der Waals surface area contributed by atoms with Crippen LogP contribution in [0, 0.1) is 17.6 Å². The first-order valence-corrected chi connectivity index (χ1v) is 11.9. The topological polar surface area (TPSA) is 37.4 Å². The van der Waals surface area contributed by atoms with E-state index in [1.807, 2.05) is 6.07 Å². The lowest BCUT2D eigenvalue weighted by Crippen LogP contribution is -2.35. The Hall–Kier alpha value is -1.79. The molecule has 2 aromatic carbocycles. The number of rotatable bonds is 5. The van der Waals surface area contributed by atoms with Crippen LogP contribution in [0.2, 0.25) is 0 Å². The molecule has 29 heavy (non-hydrogen) atoms. The van der Waals surface area contributed by atoms with Crippen molar-refractivity contribution >= 4 is 9.84 Å². The molecule has 2 aliphatic rings. The van der Waals surface area contributed by atoms with Gasteiger partial charge < -0.3 is 4.90 Å². The highest BCUT2D eigenvalue weighted by atomic mass is 32.2. The number of likely N-dealkylation sites (tertiary alicyclic amines) is 1. The smallest absolute Gasteiger partial charge is 0.209 e. The number of sulfone groups is 1. The molecule has 1 heterocycles. The maximum absolute atomic E-state index is 14.1. The van der Waals surface area contributed by atoms with E-state index in [0.29, 0.717) is 11.8 Å². The molecule has 6 heteroatoms. The van der Waals surface area contributed by atoms with Crippen LogP contribution in [0.25, 0.3) is 0 Å². The van der Waals surface area contributed by atoms with E-state index in [2.05, 4.69) is 11.8 Å². The lowest BCUT2D eigenvalue weighted by atomic mass is 9.81. The van der Waals surface area contributed by atoms with Gasteiger partial charge in [-0.3, -0.25) is 0 Å². The summed E-state index contributed by atoms with van der Waals surface area (Å²) in [5, 5.41) is 0. The molecule has 2 aromatic rings. The zero-order valence-corrected chi connectivity index (χ0v) is 17.5. The van der Waals surface area contributed by atoms with Crippen LogP contribution in [-0.2, 0) is 16.3 Å². The van der Waals surface area contributed by atoms with Crippen molar-refractivity contribution in [1.82, 2.24) is 4.90 Å². The molecule has 1 saturated heterocycles. The van der Waals surface area contributed by atoms with E-state index in [1.165, 1.54) is 24.8 Å². The third kappa shape index (κ3) is 3.97. The average molecular weight is 420 g/mol. The fourth-order valence-electron chi connectivity index (χ4n) is 4.99. The summed E-state index contributed by atoms with van der Waals surface area (Å²) >= 11 is 0. The van der Waals surface area contributed by atoms with Crippen molar-refractivity contribution in [3.8, 4) is 0 Å².